The van der Waals surface area contributed by atoms with Gasteiger partial charge in [0.1, 0.15) is 5.82 Å². The van der Waals surface area contributed by atoms with Crippen molar-refractivity contribution >= 4 is 16.7 Å². The molecule has 1 aliphatic heterocycles. The highest BCUT2D eigenvalue weighted by Gasteiger charge is 2.33. The van der Waals surface area contributed by atoms with E-state index in [9.17, 15) is 9.18 Å². The third-order valence-corrected chi connectivity index (χ3v) is 7.30. The number of halogens is 1. The summed E-state index contributed by atoms with van der Waals surface area (Å²) in [6.07, 6.45) is 2.42. The van der Waals surface area contributed by atoms with Gasteiger partial charge in [-0.2, -0.15) is 5.10 Å². The van der Waals surface area contributed by atoms with Crippen LogP contribution in [0.1, 0.15) is 21.5 Å². The fourth-order valence-corrected chi connectivity index (χ4v) is 5.48. The lowest BCUT2D eigenvalue weighted by molar-refractivity contribution is 0.0708. The zero-order valence-corrected chi connectivity index (χ0v) is 20.6. The Bertz CT molecular complexity index is 1630. The minimum atomic E-state index is -0.285. The van der Waals surface area contributed by atoms with Gasteiger partial charge in [0.15, 0.2) is 0 Å². The van der Waals surface area contributed by atoms with E-state index >= 15 is 0 Å². The maximum absolute atomic E-state index is 13.7. The summed E-state index contributed by atoms with van der Waals surface area (Å²) in [4.78, 5) is 15.1. The second kappa shape index (κ2) is 9.30. The van der Waals surface area contributed by atoms with Crippen molar-refractivity contribution in [2.45, 2.75) is 19.0 Å². The Labute approximate surface area is 215 Å². The molecule has 1 amide bonds. The summed E-state index contributed by atoms with van der Waals surface area (Å²) in [5, 5.41) is 6.94. The maximum atomic E-state index is 13.7. The number of hydrogen-bond donors (Lipinski definition) is 1. The number of carbonyl (C=O) groups is 1. The van der Waals surface area contributed by atoms with E-state index in [4.69, 9.17) is 5.73 Å². The largest absolute Gasteiger partial charge is 0.330 e. The van der Waals surface area contributed by atoms with E-state index in [0.717, 1.165) is 33.5 Å². The van der Waals surface area contributed by atoms with Gasteiger partial charge in [0.05, 0.1) is 11.9 Å². The summed E-state index contributed by atoms with van der Waals surface area (Å²) < 4.78 is 15.6. The van der Waals surface area contributed by atoms with E-state index in [1.807, 2.05) is 47.1 Å². The topological polar surface area (TPSA) is 64.2 Å². The first-order chi connectivity index (χ1) is 18.0. The van der Waals surface area contributed by atoms with Crippen molar-refractivity contribution in [2.24, 2.45) is 12.8 Å². The van der Waals surface area contributed by atoms with Crippen molar-refractivity contribution < 1.29 is 9.18 Å². The fraction of sp³-hybridized carbons (Fsp3) is 0.161. The quantitative estimate of drug-likeness (QED) is 0.338. The molecule has 6 rings (SSSR count). The summed E-state index contributed by atoms with van der Waals surface area (Å²) in [5.74, 6) is -0.320. The van der Waals surface area contributed by atoms with E-state index in [1.54, 1.807) is 6.07 Å². The van der Waals surface area contributed by atoms with Crippen LogP contribution in [0, 0.1) is 5.82 Å². The molecule has 1 atom stereocenters. The number of aromatic nitrogens is 2. The van der Waals surface area contributed by atoms with Crippen LogP contribution in [0.15, 0.2) is 91.1 Å². The molecule has 184 valence electrons. The summed E-state index contributed by atoms with van der Waals surface area (Å²) in [6.45, 7) is 0.775. The minimum Gasteiger partial charge on any atom is -0.330 e. The lowest BCUT2D eigenvalue weighted by Crippen LogP contribution is -2.42. The first kappa shape index (κ1) is 23.1. The molecule has 1 aliphatic rings. The number of carbonyl (C=O) groups excluding carboxylic acids is 1. The third kappa shape index (κ3) is 4.09. The molecule has 0 aliphatic carbocycles. The molecule has 0 spiro atoms. The molecule has 1 aromatic heterocycles. The highest BCUT2D eigenvalue weighted by atomic mass is 19.1. The third-order valence-electron chi connectivity index (χ3n) is 7.30. The van der Waals surface area contributed by atoms with Gasteiger partial charge in [0.25, 0.3) is 5.91 Å². The lowest BCUT2D eigenvalue weighted by atomic mass is 9.95. The monoisotopic (exact) mass is 490 g/mol. The Morgan fingerprint density at radius 1 is 0.946 bits per heavy atom. The highest BCUT2D eigenvalue weighted by molar-refractivity contribution is 6.01. The van der Waals surface area contributed by atoms with Gasteiger partial charge in [-0.3, -0.25) is 9.48 Å². The Morgan fingerprint density at radius 2 is 1.76 bits per heavy atom. The van der Waals surface area contributed by atoms with Crippen LogP contribution in [-0.2, 0) is 20.0 Å². The molecule has 0 radical (unpaired) electrons. The summed E-state index contributed by atoms with van der Waals surface area (Å²) in [7, 11) is 1.94. The van der Waals surface area contributed by atoms with Crippen molar-refractivity contribution in [1.82, 2.24) is 14.7 Å². The number of benzene rings is 4. The maximum Gasteiger partial charge on any atom is 0.254 e. The molecule has 0 fully saturated rings. The van der Waals surface area contributed by atoms with Crippen LogP contribution in [0.2, 0.25) is 0 Å². The van der Waals surface area contributed by atoms with Crippen LogP contribution in [0.3, 0.4) is 0 Å². The van der Waals surface area contributed by atoms with Crippen molar-refractivity contribution in [3.8, 4) is 22.4 Å². The summed E-state index contributed by atoms with van der Waals surface area (Å²) in [6, 6.07) is 26.9. The Balaban J connectivity index is 1.35. The Hall–Kier alpha value is -4.29. The average Bonchev–Trinajstić information content (AvgIpc) is 3.46. The van der Waals surface area contributed by atoms with Crippen LogP contribution < -0.4 is 5.73 Å². The highest BCUT2D eigenvalue weighted by Crippen LogP contribution is 2.37. The summed E-state index contributed by atoms with van der Waals surface area (Å²) >= 11 is 0. The molecule has 2 heterocycles. The van der Waals surface area contributed by atoms with Gasteiger partial charge in [-0.05, 0) is 58.1 Å². The molecule has 5 nitrogen and oxygen atoms in total. The Kier molecular flexibility index (Phi) is 5.81. The molecular weight excluding hydrogens is 463 g/mol. The smallest absolute Gasteiger partial charge is 0.254 e. The van der Waals surface area contributed by atoms with E-state index in [-0.39, 0.29) is 17.8 Å². The van der Waals surface area contributed by atoms with E-state index in [1.165, 1.54) is 22.9 Å². The van der Waals surface area contributed by atoms with Crippen LogP contribution in [0.5, 0.6) is 0 Å². The second-order valence-electron chi connectivity index (χ2n) is 9.59. The van der Waals surface area contributed by atoms with Gasteiger partial charge in [-0.25, -0.2) is 4.39 Å². The second-order valence-corrected chi connectivity index (χ2v) is 9.59. The predicted octanol–water partition coefficient (Wildman–Crippen LogP) is 5.57. The number of rotatable bonds is 6. The van der Waals surface area contributed by atoms with Gasteiger partial charge in [0, 0.05) is 42.9 Å². The predicted molar refractivity (Wildman–Crippen MR) is 144 cm³/mol. The normalized spacial score (nSPS) is 13.8. The first-order valence-corrected chi connectivity index (χ1v) is 12.4. The number of nitrogens with two attached hydrogens (primary N) is 1. The molecule has 0 saturated heterocycles. The molecule has 6 heteroatoms. The van der Waals surface area contributed by atoms with Crippen LogP contribution in [0.4, 0.5) is 4.39 Å². The molecule has 0 unspecified atom stereocenters. The van der Waals surface area contributed by atoms with Crippen molar-refractivity contribution in [2.75, 3.05) is 6.54 Å². The molecule has 5 aromatic rings. The summed E-state index contributed by atoms with van der Waals surface area (Å²) in [5.41, 5.74) is 12.8. The first-order valence-electron chi connectivity index (χ1n) is 12.4. The van der Waals surface area contributed by atoms with Crippen LogP contribution >= 0.6 is 0 Å². The zero-order chi connectivity index (χ0) is 25.5. The van der Waals surface area contributed by atoms with Gasteiger partial charge in [-0.1, -0.05) is 60.7 Å². The minimum absolute atomic E-state index is 0.0345. The van der Waals surface area contributed by atoms with Crippen LogP contribution in [0.25, 0.3) is 33.2 Å². The number of amides is 1. The number of hydrogen-bond acceptors (Lipinski definition) is 3. The molecule has 0 bridgehead atoms. The van der Waals surface area contributed by atoms with Crippen molar-refractivity contribution in [3.63, 3.8) is 0 Å². The zero-order valence-electron chi connectivity index (χ0n) is 20.6. The fourth-order valence-electron chi connectivity index (χ4n) is 5.48. The number of nitrogens with zero attached hydrogens (tertiary/aromatic N) is 3. The number of aryl methyl sites for hydroxylation is 1. The average molecular weight is 491 g/mol. The van der Waals surface area contributed by atoms with Gasteiger partial charge in [0.2, 0.25) is 0 Å². The Morgan fingerprint density at radius 3 is 2.59 bits per heavy atom. The van der Waals surface area contributed by atoms with E-state index < -0.39 is 0 Å². The standard InChI is InChI=1S/C31H27FN4O/c1-35-30(29(18-34-35)28-11-5-8-21-7-2-3-10-26(21)28)22-12-13-27-23(16-22)19-36(31(27)37)25(17-33)15-20-6-4-9-24(32)14-20/h2-14,16,18,25H,15,17,19,33H2,1H3/t25-/m0/s1. The van der Waals surface area contributed by atoms with Gasteiger partial charge in [-0.15, -0.1) is 0 Å². The number of fused-ring (bicyclic) bond motifs is 2. The molecule has 37 heavy (non-hydrogen) atoms. The van der Waals surface area contributed by atoms with Gasteiger partial charge >= 0.3 is 0 Å². The van der Waals surface area contributed by atoms with E-state index in [2.05, 4.69) is 47.6 Å². The molecule has 4 aromatic carbocycles. The van der Waals surface area contributed by atoms with Crippen LogP contribution in [-0.4, -0.2) is 33.2 Å². The molecule has 2 N–H and O–H groups in total. The lowest BCUT2D eigenvalue weighted by Gasteiger charge is -2.26. The molecule has 0 saturated carbocycles. The van der Waals surface area contributed by atoms with Crippen molar-refractivity contribution in [3.05, 3.63) is 114 Å². The van der Waals surface area contributed by atoms with Gasteiger partial charge < -0.3 is 10.6 Å². The van der Waals surface area contributed by atoms with E-state index in [0.29, 0.717) is 25.1 Å². The molecular formula is C31H27FN4O. The van der Waals surface area contributed by atoms with Crippen molar-refractivity contribution in [1.29, 1.82) is 0 Å². The SMILES string of the molecule is Cn1ncc(-c2cccc3ccccc23)c1-c1ccc2c(c1)CN([C@H](CN)Cc1cccc(F)c1)C2=O.